The van der Waals surface area contributed by atoms with Gasteiger partial charge in [0.1, 0.15) is 10.8 Å². The van der Waals surface area contributed by atoms with Gasteiger partial charge < -0.3 is 14.0 Å². The normalized spacial score (nSPS) is 19.1. The molecule has 0 saturated carbocycles. The molecule has 1 fully saturated rings. The lowest BCUT2D eigenvalue weighted by atomic mass is 9.78. The molecule has 1 aromatic carbocycles. The fraction of sp³-hybridized carbons (Fsp3) is 0.500. The number of aromatic nitrogens is 2. The van der Waals surface area contributed by atoms with Gasteiger partial charge in [-0.05, 0) is 52.2 Å². The lowest BCUT2D eigenvalue weighted by Gasteiger charge is -2.32. The highest BCUT2D eigenvalue weighted by atomic mass is 32.1. The van der Waals surface area contributed by atoms with Crippen LogP contribution in [-0.2, 0) is 9.31 Å². The van der Waals surface area contributed by atoms with E-state index in [4.69, 9.17) is 14.0 Å². The monoisotopic (exact) mass is 332 g/mol. The predicted molar refractivity (Wildman–Crippen MR) is 92.4 cm³/mol. The molecule has 0 aliphatic carbocycles. The van der Waals surface area contributed by atoms with Crippen molar-refractivity contribution in [1.82, 2.24) is 10.2 Å². The molecule has 2 aromatic rings. The van der Waals surface area contributed by atoms with Gasteiger partial charge in [-0.3, -0.25) is 0 Å². The summed E-state index contributed by atoms with van der Waals surface area (Å²) in [5.41, 5.74) is 1.13. The van der Waals surface area contributed by atoms with E-state index in [0.29, 0.717) is 0 Å². The number of methoxy groups -OCH3 is 1. The average Bonchev–Trinajstić information content (AvgIpc) is 3.00. The third-order valence-electron chi connectivity index (χ3n) is 4.51. The Morgan fingerprint density at radius 1 is 1.09 bits per heavy atom. The van der Waals surface area contributed by atoms with Crippen LogP contribution in [-0.4, -0.2) is 35.6 Å². The van der Waals surface area contributed by atoms with Crippen LogP contribution >= 0.6 is 11.3 Å². The third-order valence-corrected chi connectivity index (χ3v) is 5.38. The van der Waals surface area contributed by atoms with Gasteiger partial charge in [0.15, 0.2) is 5.01 Å². The summed E-state index contributed by atoms with van der Waals surface area (Å²) in [6.45, 7) is 10.1. The van der Waals surface area contributed by atoms with E-state index in [1.807, 2.05) is 52.8 Å². The molecule has 0 unspecified atom stereocenters. The molecule has 0 amide bonds. The number of aryl methyl sites for hydroxylation is 1. The van der Waals surface area contributed by atoms with Gasteiger partial charge in [-0.15, -0.1) is 10.2 Å². The first-order valence-corrected chi connectivity index (χ1v) is 8.39. The van der Waals surface area contributed by atoms with Crippen molar-refractivity contribution in [2.75, 3.05) is 7.11 Å². The lowest BCUT2D eigenvalue weighted by molar-refractivity contribution is 0.00578. The van der Waals surface area contributed by atoms with E-state index in [1.165, 1.54) is 11.3 Å². The fourth-order valence-electron chi connectivity index (χ4n) is 2.42. The van der Waals surface area contributed by atoms with E-state index in [2.05, 4.69) is 10.2 Å². The van der Waals surface area contributed by atoms with Gasteiger partial charge in [0, 0.05) is 0 Å². The topological polar surface area (TPSA) is 53.5 Å². The Kier molecular flexibility index (Phi) is 3.98. The molecule has 0 spiro atoms. The number of ether oxygens (including phenoxy) is 1. The van der Waals surface area contributed by atoms with E-state index in [1.54, 1.807) is 7.11 Å². The SMILES string of the molecule is COc1ccc(B2OC(C)(C)C(C)(C)O2)cc1-c1nnc(C)s1. The summed E-state index contributed by atoms with van der Waals surface area (Å²) in [5.74, 6) is 0.765. The number of nitrogens with zero attached hydrogens (tertiary/aromatic N) is 2. The summed E-state index contributed by atoms with van der Waals surface area (Å²) < 4.78 is 17.7. The molecule has 122 valence electrons. The Morgan fingerprint density at radius 2 is 1.74 bits per heavy atom. The van der Waals surface area contributed by atoms with Crippen LogP contribution in [0, 0.1) is 6.92 Å². The van der Waals surface area contributed by atoms with Gasteiger partial charge in [0.25, 0.3) is 0 Å². The molecular formula is C16H21BN2O3S. The largest absolute Gasteiger partial charge is 0.496 e. The van der Waals surface area contributed by atoms with Crippen LogP contribution in [0.2, 0.25) is 0 Å². The lowest BCUT2D eigenvalue weighted by Crippen LogP contribution is -2.41. The Hall–Kier alpha value is -1.44. The maximum absolute atomic E-state index is 6.12. The van der Waals surface area contributed by atoms with Gasteiger partial charge in [0.2, 0.25) is 0 Å². The maximum atomic E-state index is 6.12. The minimum atomic E-state index is -0.404. The molecule has 3 rings (SSSR count). The number of rotatable bonds is 3. The summed E-state index contributed by atoms with van der Waals surface area (Å²) in [6, 6.07) is 5.91. The molecule has 1 aliphatic rings. The van der Waals surface area contributed by atoms with Crippen LogP contribution in [0.1, 0.15) is 32.7 Å². The third kappa shape index (κ3) is 2.89. The molecule has 0 radical (unpaired) electrons. The van der Waals surface area contributed by atoms with Crippen molar-refractivity contribution in [3.63, 3.8) is 0 Å². The first kappa shape index (κ1) is 16.4. The molecule has 1 aliphatic heterocycles. The fourth-order valence-corrected chi connectivity index (χ4v) is 3.14. The van der Waals surface area contributed by atoms with Crippen molar-refractivity contribution >= 4 is 23.9 Å². The Balaban J connectivity index is 1.99. The number of hydrogen-bond donors (Lipinski definition) is 0. The van der Waals surface area contributed by atoms with Crippen molar-refractivity contribution in [2.24, 2.45) is 0 Å². The van der Waals surface area contributed by atoms with E-state index in [-0.39, 0.29) is 11.2 Å². The molecule has 0 atom stereocenters. The summed E-state index contributed by atoms with van der Waals surface area (Å²) in [4.78, 5) is 0. The van der Waals surface area contributed by atoms with Crippen molar-refractivity contribution in [2.45, 2.75) is 45.8 Å². The predicted octanol–water partition coefficient (Wildman–Crippen LogP) is 2.82. The minimum absolute atomic E-state index is 0.364. The second-order valence-electron chi connectivity index (χ2n) is 6.67. The van der Waals surface area contributed by atoms with Crippen molar-refractivity contribution in [3.05, 3.63) is 23.2 Å². The highest BCUT2D eigenvalue weighted by molar-refractivity contribution is 7.14. The zero-order valence-corrected chi connectivity index (χ0v) is 15.2. The van der Waals surface area contributed by atoms with Gasteiger partial charge in [-0.2, -0.15) is 0 Å². The number of hydrogen-bond acceptors (Lipinski definition) is 6. The Morgan fingerprint density at radius 3 is 2.26 bits per heavy atom. The van der Waals surface area contributed by atoms with E-state index < -0.39 is 7.12 Å². The van der Waals surface area contributed by atoms with Crippen LogP contribution < -0.4 is 10.2 Å². The van der Waals surface area contributed by atoms with Crippen LogP contribution in [0.15, 0.2) is 18.2 Å². The second-order valence-corrected chi connectivity index (χ2v) is 7.86. The molecule has 1 saturated heterocycles. The first-order valence-electron chi connectivity index (χ1n) is 7.57. The second kappa shape index (κ2) is 5.58. The zero-order valence-electron chi connectivity index (χ0n) is 14.3. The highest BCUT2D eigenvalue weighted by Gasteiger charge is 2.51. The summed E-state index contributed by atoms with van der Waals surface area (Å²) in [6.07, 6.45) is 0. The smallest absolute Gasteiger partial charge is 0.494 e. The van der Waals surface area contributed by atoms with Gasteiger partial charge >= 0.3 is 7.12 Å². The molecule has 1 aromatic heterocycles. The zero-order chi connectivity index (χ0) is 16.8. The molecular weight excluding hydrogens is 311 g/mol. The van der Waals surface area contributed by atoms with Crippen molar-refractivity contribution in [3.8, 4) is 16.3 Å². The Labute approximate surface area is 141 Å². The minimum Gasteiger partial charge on any atom is -0.496 e. The first-order chi connectivity index (χ1) is 10.7. The molecule has 0 bridgehead atoms. The van der Waals surface area contributed by atoms with Crippen LogP contribution in [0.5, 0.6) is 5.75 Å². The van der Waals surface area contributed by atoms with Crippen molar-refractivity contribution in [1.29, 1.82) is 0 Å². The Bertz CT molecular complexity index is 714. The molecule has 2 heterocycles. The van der Waals surface area contributed by atoms with Gasteiger partial charge in [-0.1, -0.05) is 17.4 Å². The average molecular weight is 332 g/mol. The van der Waals surface area contributed by atoms with Crippen LogP contribution in [0.3, 0.4) is 0 Å². The summed E-state index contributed by atoms with van der Waals surface area (Å²) in [5, 5.41) is 10.1. The number of benzene rings is 1. The molecule has 23 heavy (non-hydrogen) atoms. The van der Waals surface area contributed by atoms with Crippen LogP contribution in [0.25, 0.3) is 10.6 Å². The van der Waals surface area contributed by atoms with E-state index in [0.717, 1.165) is 26.8 Å². The van der Waals surface area contributed by atoms with Crippen molar-refractivity contribution < 1.29 is 14.0 Å². The standard InChI is InChI=1S/C16H21BN2O3S/c1-10-18-19-14(23-10)12-9-11(7-8-13(12)20-6)17-21-15(2,3)16(4,5)22-17/h7-9H,1-6H3. The maximum Gasteiger partial charge on any atom is 0.494 e. The van der Waals surface area contributed by atoms with Crippen LogP contribution in [0.4, 0.5) is 0 Å². The molecule has 5 nitrogen and oxygen atoms in total. The summed E-state index contributed by atoms with van der Waals surface area (Å²) in [7, 11) is 1.25. The van der Waals surface area contributed by atoms with Gasteiger partial charge in [-0.25, -0.2) is 0 Å². The quantitative estimate of drug-likeness (QED) is 0.809. The van der Waals surface area contributed by atoms with E-state index >= 15 is 0 Å². The van der Waals surface area contributed by atoms with E-state index in [9.17, 15) is 0 Å². The highest BCUT2D eigenvalue weighted by Crippen LogP contribution is 2.37. The molecule has 7 heteroatoms. The van der Waals surface area contributed by atoms with Gasteiger partial charge in [0.05, 0.1) is 23.9 Å². The summed E-state index contributed by atoms with van der Waals surface area (Å²) >= 11 is 1.54. The molecule has 0 N–H and O–H groups in total.